The van der Waals surface area contributed by atoms with Gasteiger partial charge in [0.1, 0.15) is 11.4 Å². The molecule has 41 heavy (non-hydrogen) atoms. The van der Waals surface area contributed by atoms with E-state index >= 15 is 0 Å². The van der Waals surface area contributed by atoms with E-state index in [1.54, 1.807) is 34.6 Å². The van der Waals surface area contributed by atoms with Crippen LogP contribution >= 0.6 is 0 Å². The second-order valence-electron chi connectivity index (χ2n) is 8.31. The predicted octanol–water partition coefficient (Wildman–Crippen LogP) is 3.38. The molecular weight excluding hydrogens is 606 g/mol. The van der Waals surface area contributed by atoms with E-state index in [2.05, 4.69) is 40.3 Å². The van der Waals surface area contributed by atoms with Crippen molar-refractivity contribution < 1.29 is 19.5 Å². The number of rotatable bonds is 6. The third kappa shape index (κ3) is 10.8. The summed E-state index contributed by atoms with van der Waals surface area (Å²) in [6.45, 7) is 0. The minimum absolute atomic E-state index is 0. The molecule has 13 heteroatoms. The molecule has 0 atom stereocenters. The molecule has 10 nitrogen and oxygen atoms in total. The van der Waals surface area contributed by atoms with Gasteiger partial charge >= 0.3 is 19.5 Å². The first kappa shape index (κ1) is 33.2. The van der Waals surface area contributed by atoms with Crippen LogP contribution < -0.4 is 0 Å². The average Bonchev–Trinajstić information content (AvgIpc) is 2.99. The molecule has 0 aliphatic heterocycles. The molecule has 0 spiro atoms. The van der Waals surface area contributed by atoms with Crippen LogP contribution in [0.2, 0.25) is 0 Å². The summed E-state index contributed by atoms with van der Waals surface area (Å²) in [7, 11) is 7.29. The number of pyridine rings is 4. The zero-order valence-corrected chi connectivity index (χ0v) is 27.8. The fraction of sp³-hybridized carbons (Fsp3) is 0.143. The van der Waals surface area contributed by atoms with Gasteiger partial charge in [0.2, 0.25) is 0 Å². The van der Waals surface area contributed by atoms with Crippen molar-refractivity contribution in [2.45, 2.75) is 0 Å². The molecule has 0 aliphatic carbocycles. The van der Waals surface area contributed by atoms with Gasteiger partial charge in [0.25, 0.3) is 0 Å². The molecule has 204 valence electrons. The van der Waals surface area contributed by atoms with Crippen molar-refractivity contribution in [3.05, 3.63) is 120 Å². The number of hydrogen-bond acceptors (Lipinski definition) is 10. The summed E-state index contributed by atoms with van der Waals surface area (Å²) in [6.07, 6.45) is 6.83. The fourth-order valence-corrected chi connectivity index (χ4v) is 2.92. The largest absolute Gasteiger partial charge is 2.00 e. The number of nitrogens with zero attached hydrogens (tertiary/aromatic N) is 10. The van der Waals surface area contributed by atoms with Crippen LogP contribution in [0.1, 0.15) is 22.8 Å². The van der Waals surface area contributed by atoms with Gasteiger partial charge in [-0.05, 0) is 48.5 Å². The Morgan fingerprint density at radius 3 is 0.951 bits per heavy atom. The Hall–Kier alpha value is -4.06. The molecule has 0 amide bonds. The van der Waals surface area contributed by atoms with Gasteiger partial charge in [-0.15, -0.1) is 10.2 Å². The van der Waals surface area contributed by atoms with Crippen molar-refractivity contribution in [1.29, 1.82) is 0 Å². The van der Waals surface area contributed by atoms with Crippen molar-refractivity contribution >= 4 is 47.0 Å². The molecule has 0 aliphatic rings. The summed E-state index contributed by atoms with van der Waals surface area (Å²) >= 11 is 10.2. The van der Waals surface area contributed by atoms with Crippen molar-refractivity contribution in [3.8, 4) is 0 Å². The maximum Gasteiger partial charge on any atom is 2.00 e. The zero-order chi connectivity index (χ0) is 28.7. The van der Waals surface area contributed by atoms with E-state index in [1.165, 1.54) is 0 Å². The number of hydrogen-bond donors (Lipinski definition) is 0. The van der Waals surface area contributed by atoms with Crippen LogP contribution in [0.25, 0.3) is 0 Å². The van der Waals surface area contributed by atoms with Crippen LogP contribution in [0.3, 0.4) is 0 Å². The van der Waals surface area contributed by atoms with Crippen molar-refractivity contribution in [2.75, 3.05) is 28.2 Å². The maximum absolute atomic E-state index is 5.11. The first-order valence-corrected chi connectivity index (χ1v) is 12.8. The summed E-state index contributed by atoms with van der Waals surface area (Å²) in [6, 6.07) is 22.4. The first-order chi connectivity index (χ1) is 19.4. The van der Waals surface area contributed by atoms with Crippen LogP contribution in [0.5, 0.6) is 0 Å². The molecule has 4 rings (SSSR count). The first-order valence-electron chi connectivity index (χ1n) is 12.0. The Labute approximate surface area is 264 Å². The molecule has 0 N–H and O–H groups in total. The Kier molecular flexibility index (Phi) is 14.2. The molecule has 0 saturated carbocycles. The van der Waals surface area contributed by atoms with Crippen molar-refractivity contribution in [1.82, 2.24) is 29.7 Å². The Morgan fingerprint density at radius 2 is 0.756 bits per heavy atom. The predicted molar refractivity (Wildman–Crippen MR) is 165 cm³/mol. The van der Waals surface area contributed by atoms with Crippen LogP contribution in [0, 0.1) is 0 Å². The zero-order valence-electron chi connectivity index (χ0n) is 23.2. The summed E-state index contributed by atoms with van der Waals surface area (Å²) < 4.78 is 0. The average molecular weight is 634 g/mol. The molecule has 4 aromatic heterocycles. The summed E-state index contributed by atoms with van der Waals surface area (Å²) in [4.78, 5) is 20.6. The van der Waals surface area contributed by atoms with E-state index in [0.29, 0.717) is 44.5 Å². The van der Waals surface area contributed by atoms with E-state index in [9.17, 15) is 0 Å². The van der Waals surface area contributed by atoms with Gasteiger partial charge in [0, 0.05) is 63.3 Å². The van der Waals surface area contributed by atoms with Gasteiger partial charge in [0.05, 0.1) is 22.8 Å². The van der Waals surface area contributed by atoms with Gasteiger partial charge in [-0.25, -0.2) is 0 Å². The Balaban J connectivity index is 0.000000280. The van der Waals surface area contributed by atoms with Gasteiger partial charge in [-0.2, -0.15) is 10.2 Å². The van der Waals surface area contributed by atoms with Crippen molar-refractivity contribution in [2.24, 2.45) is 20.4 Å². The monoisotopic (exact) mass is 632 g/mol. The molecule has 0 saturated heterocycles. The third-order valence-corrected chi connectivity index (χ3v) is 5.76. The topological polar surface area (TPSA) is 107 Å². The number of aromatic nitrogens is 4. The van der Waals surface area contributed by atoms with Crippen LogP contribution in [-0.2, 0) is 44.7 Å². The van der Waals surface area contributed by atoms with Crippen LogP contribution in [-0.4, -0.2) is 79.7 Å². The van der Waals surface area contributed by atoms with E-state index in [4.69, 9.17) is 25.3 Å². The molecule has 4 aromatic rings. The van der Waals surface area contributed by atoms with Crippen LogP contribution in [0.15, 0.2) is 118 Å². The summed E-state index contributed by atoms with van der Waals surface area (Å²) in [5.74, 6) is 0. The third-order valence-electron chi connectivity index (χ3n) is 4.87. The second-order valence-corrected chi connectivity index (χ2v) is 9.04. The fourth-order valence-electron chi connectivity index (χ4n) is 2.84. The second kappa shape index (κ2) is 17.6. The molecule has 0 aromatic carbocycles. The number of amidine groups is 2. The molecular formula is C28H28N10S2Zn. The van der Waals surface area contributed by atoms with E-state index in [0.717, 1.165) is 0 Å². The SMILES string of the molecule is CN(C)/C([S-])=N/N=C(c1ccccn1)c1ccccn1.CN(C)/C([S-])=N\N=C(c1ccccn1)c1ccccn1.[Zn+2]. The summed E-state index contributed by atoms with van der Waals surface area (Å²) in [5.41, 5.74) is 4.01. The minimum atomic E-state index is 0. The van der Waals surface area contributed by atoms with Crippen LogP contribution in [0.4, 0.5) is 0 Å². The molecule has 0 radical (unpaired) electrons. The molecule has 4 heterocycles. The van der Waals surface area contributed by atoms with Gasteiger partial charge in [0.15, 0.2) is 0 Å². The quantitative estimate of drug-likeness (QED) is 0.105. The minimum Gasteiger partial charge on any atom is -0.741 e. The van der Waals surface area contributed by atoms with E-state index in [-0.39, 0.29) is 19.5 Å². The smallest absolute Gasteiger partial charge is 0.741 e. The standard InChI is InChI=1S/2C14H15N5S.Zn/c2*1-19(2)14(20)18-17-13(11-7-3-5-9-15-11)12-8-4-6-10-16-12;/h2*3-10H,1-2H3,(H,18,20);/q;;+2/p-2. The van der Waals surface area contributed by atoms with Crippen molar-refractivity contribution in [3.63, 3.8) is 0 Å². The van der Waals surface area contributed by atoms with E-state index in [1.807, 2.05) is 101 Å². The van der Waals surface area contributed by atoms with Gasteiger partial charge in [-0.3, -0.25) is 19.9 Å². The maximum atomic E-state index is 5.11. The normalized spacial score (nSPS) is 10.7. The molecule has 0 unspecified atom stereocenters. The Morgan fingerprint density at radius 1 is 0.488 bits per heavy atom. The Bertz CT molecular complexity index is 1250. The van der Waals surface area contributed by atoms with Gasteiger partial charge < -0.3 is 35.1 Å². The van der Waals surface area contributed by atoms with E-state index < -0.39 is 0 Å². The van der Waals surface area contributed by atoms with Gasteiger partial charge in [-0.1, -0.05) is 24.3 Å². The molecule has 0 bridgehead atoms. The molecule has 0 fully saturated rings. The summed E-state index contributed by atoms with van der Waals surface area (Å²) in [5, 5.41) is 17.3.